The fraction of sp³-hybridized carbons (Fsp3) is 0. The number of benzene rings is 1. The van der Waals surface area contributed by atoms with Gasteiger partial charge in [-0.2, -0.15) is 4.98 Å². The van der Waals surface area contributed by atoms with Gasteiger partial charge in [-0.1, -0.05) is 18.2 Å². The fourth-order valence-corrected chi connectivity index (χ4v) is 1.87. The molecule has 4 nitrogen and oxygen atoms in total. The van der Waals surface area contributed by atoms with Gasteiger partial charge < -0.3 is 0 Å². The summed E-state index contributed by atoms with van der Waals surface area (Å²) in [6, 6.07) is 13.5. The number of para-hydroxylation sites is 1. The summed E-state index contributed by atoms with van der Waals surface area (Å²) in [6.45, 7) is 0. The zero-order valence-corrected chi connectivity index (χ0v) is 10.1. The highest BCUT2D eigenvalue weighted by molar-refractivity contribution is 6.28. The van der Waals surface area contributed by atoms with E-state index in [1.54, 1.807) is 17.1 Å². The maximum absolute atomic E-state index is 5.90. The first-order valence-corrected chi connectivity index (χ1v) is 5.81. The van der Waals surface area contributed by atoms with E-state index in [9.17, 15) is 0 Å². The van der Waals surface area contributed by atoms with E-state index in [0.29, 0.717) is 5.82 Å². The van der Waals surface area contributed by atoms with Crippen molar-refractivity contribution in [3.8, 4) is 17.1 Å². The predicted octanol–water partition coefficient (Wildman–Crippen LogP) is 2.98. The Morgan fingerprint density at radius 2 is 1.83 bits per heavy atom. The Bertz CT molecular complexity index is 592. The van der Waals surface area contributed by atoms with Gasteiger partial charge in [-0.3, -0.25) is 4.98 Å². The molecule has 0 saturated heterocycles. The van der Waals surface area contributed by atoms with E-state index >= 15 is 0 Å². The minimum atomic E-state index is 0.220. The number of hydrogen-bond donors (Lipinski definition) is 0. The van der Waals surface area contributed by atoms with Crippen molar-refractivity contribution in [1.82, 2.24) is 19.7 Å². The Labute approximate surface area is 109 Å². The Kier molecular flexibility index (Phi) is 2.78. The molecular weight excluding hydrogens is 248 g/mol. The molecular formula is C13H9ClN4. The zero-order valence-electron chi connectivity index (χ0n) is 9.36. The van der Waals surface area contributed by atoms with E-state index in [1.165, 1.54) is 0 Å². The van der Waals surface area contributed by atoms with E-state index in [4.69, 9.17) is 11.6 Å². The average Bonchev–Trinajstić information content (AvgIpc) is 2.83. The lowest BCUT2D eigenvalue weighted by atomic mass is 10.2. The average molecular weight is 257 g/mol. The van der Waals surface area contributed by atoms with Gasteiger partial charge in [-0.15, -0.1) is 5.10 Å². The molecule has 3 rings (SSSR count). The van der Waals surface area contributed by atoms with E-state index in [1.807, 2.05) is 42.5 Å². The Balaban J connectivity index is 2.17. The summed E-state index contributed by atoms with van der Waals surface area (Å²) in [7, 11) is 0. The van der Waals surface area contributed by atoms with Gasteiger partial charge in [0.15, 0.2) is 5.82 Å². The highest BCUT2D eigenvalue weighted by atomic mass is 35.5. The molecule has 0 unspecified atom stereocenters. The van der Waals surface area contributed by atoms with Gasteiger partial charge in [0.2, 0.25) is 5.28 Å². The summed E-state index contributed by atoms with van der Waals surface area (Å²) in [5, 5.41) is 4.42. The van der Waals surface area contributed by atoms with Crippen molar-refractivity contribution >= 4 is 11.6 Å². The molecule has 2 heterocycles. The predicted molar refractivity (Wildman–Crippen MR) is 69.6 cm³/mol. The van der Waals surface area contributed by atoms with Crippen molar-refractivity contribution in [2.45, 2.75) is 0 Å². The number of halogens is 1. The Hall–Kier alpha value is -2.20. The summed E-state index contributed by atoms with van der Waals surface area (Å²) in [6.07, 6.45) is 3.45. The molecule has 0 saturated carbocycles. The van der Waals surface area contributed by atoms with Crippen LogP contribution in [-0.4, -0.2) is 19.7 Å². The van der Waals surface area contributed by atoms with Crippen LogP contribution in [0, 0.1) is 0 Å². The van der Waals surface area contributed by atoms with Crippen LogP contribution in [0.15, 0.2) is 54.9 Å². The molecule has 0 amide bonds. The molecule has 0 radical (unpaired) electrons. The fourth-order valence-electron chi connectivity index (χ4n) is 1.72. The van der Waals surface area contributed by atoms with Gasteiger partial charge in [0.25, 0.3) is 0 Å². The lowest BCUT2D eigenvalue weighted by Crippen LogP contribution is -1.99. The molecule has 18 heavy (non-hydrogen) atoms. The lowest BCUT2D eigenvalue weighted by molar-refractivity contribution is 0.887. The van der Waals surface area contributed by atoms with Crippen molar-refractivity contribution in [2.24, 2.45) is 0 Å². The van der Waals surface area contributed by atoms with E-state index in [0.717, 1.165) is 11.3 Å². The van der Waals surface area contributed by atoms with E-state index < -0.39 is 0 Å². The second-order valence-electron chi connectivity index (χ2n) is 3.69. The maximum atomic E-state index is 5.90. The molecule has 0 N–H and O–H groups in total. The zero-order chi connectivity index (χ0) is 12.4. The second kappa shape index (κ2) is 4.58. The molecule has 0 aliphatic rings. The summed E-state index contributed by atoms with van der Waals surface area (Å²) in [5.74, 6) is 0.680. The van der Waals surface area contributed by atoms with Crippen molar-refractivity contribution in [2.75, 3.05) is 0 Å². The molecule has 0 aliphatic heterocycles. The van der Waals surface area contributed by atoms with Crippen LogP contribution < -0.4 is 0 Å². The van der Waals surface area contributed by atoms with Crippen molar-refractivity contribution in [3.05, 3.63) is 60.1 Å². The van der Waals surface area contributed by atoms with Crippen LogP contribution in [-0.2, 0) is 0 Å². The minimum Gasteiger partial charge on any atom is -0.264 e. The first kappa shape index (κ1) is 10.9. The van der Waals surface area contributed by atoms with Crippen LogP contribution in [0.1, 0.15) is 0 Å². The van der Waals surface area contributed by atoms with Gasteiger partial charge in [0, 0.05) is 18.0 Å². The first-order chi connectivity index (χ1) is 8.84. The summed E-state index contributed by atoms with van der Waals surface area (Å²) < 4.78 is 1.71. The van der Waals surface area contributed by atoms with Crippen molar-refractivity contribution < 1.29 is 0 Å². The smallest absolute Gasteiger partial charge is 0.243 e. The van der Waals surface area contributed by atoms with Crippen LogP contribution in [0.5, 0.6) is 0 Å². The van der Waals surface area contributed by atoms with Crippen molar-refractivity contribution in [3.63, 3.8) is 0 Å². The summed E-state index contributed by atoms with van der Waals surface area (Å²) in [5.41, 5.74) is 1.79. The largest absolute Gasteiger partial charge is 0.264 e. The highest BCUT2D eigenvalue weighted by Gasteiger charge is 2.11. The lowest BCUT2D eigenvalue weighted by Gasteiger charge is -2.04. The highest BCUT2D eigenvalue weighted by Crippen LogP contribution is 2.21. The number of hydrogen-bond acceptors (Lipinski definition) is 3. The van der Waals surface area contributed by atoms with Gasteiger partial charge in [0.1, 0.15) is 0 Å². The molecule has 3 aromatic rings. The third-order valence-electron chi connectivity index (χ3n) is 2.50. The first-order valence-electron chi connectivity index (χ1n) is 5.43. The third-order valence-corrected chi connectivity index (χ3v) is 2.66. The van der Waals surface area contributed by atoms with Crippen LogP contribution >= 0.6 is 11.6 Å². The van der Waals surface area contributed by atoms with Gasteiger partial charge in [-0.25, -0.2) is 4.68 Å². The van der Waals surface area contributed by atoms with Gasteiger partial charge >= 0.3 is 0 Å². The van der Waals surface area contributed by atoms with Crippen LogP contribution in [0.3, 0.4) is 0 Å². The molecule has 0 spiro atoms. The maximum Gasteiger partial charge on any atom is 0.243 e. The van der Waals surface area contributed by atoms with Gasteiger partial charge in [-0.05, 0) is 35.9 Å². The second-order valence-corrected chi connectivity index (χ2v) is 4.03. The summed E-state index contributed by atoms with van der Waals surface area (Å²) in [4.78, 5) is 8.32. The number of aromatic nitrogens is 4. The number of nitrogens with zero attached hydrogens (tertiary/aromatic N) is 4. The SMILES string of the molecule is Clc1nc(-c2cccnc2)n(-c2ccccc2)n1. The summed E-state index contributed by atoms with van der Waals surface area (Å²) >= 11 is 5.90. The molecule has 88 valence electrons. The topological polar surface area (TPSA) is 43.6 Å². The normalized spacial score (nSPS) is 10.5. The molecule has 2 aromatic heterocycles. The van der Waals surface area contributed by atoms with E-state index in [2.05, 4.69) is 15.1 Å². The molecule has 0 aliphatic carbocycles. The van der Waals surface area contributed by atoms with Crippen molar-refractivity contribution in [1.29, 1.82) is 0 Å². The Morgan fingerprint density at radius 3 is 2.56 bits per heavy atom. The van der Waals surface area contributed by atoms with Crippen LogP contribution in [0.25, 0.3) is 17.1 Å². The Morgan fingerprint density at radius 1 is 1.00 bits per heavy atom. The minimum absolute atomic E-state index is 0.220. The van der Waals surface area contributed by atoms with Gasteiger partial charge in [0.05, 0.1) is 5.69 Å². The number of rotatable bonds is 2. The van der Waals surface area contributed by atoms with Crippen LogP contribution in [0.4, 0.5) is 0 Å². The molecule has 5 heteroatoms. The molecule has 0 fully saturated rings. The molecule has 1 aromatic carbocycles. The molecule has 0 atom stereocenters. The van der Waals surface area contributed by atoms with E-state index in [-0.39, 0.29) is 5.28 Å². The molecule has 0 bridgehead atoms. The monoisotopic (exact) mass is 256 g/mol. The number of pyridine rings is 1. The van der Waals surface area contributed by atoms with Crippen LogP contribution in [0.2, 0.25) is 5.28 Å². The standard InChI is InChI=1S/C13H9ClN4/c14-13-16-12(10-5-4-8-15-9-10)18(17-13)11-6-2-1-3-7-11/h1-9H. The third kappa shape index (κ3) is 1.98. The quantitative estimate of drug-likeness (QED) is 0.708.